The van der Waals surface area contributed by atoms with Crippen LogP contribution < -0.4 is 0 Å². The quantitative estimate of drug-likeness (QED) is 0.819. The Labute approximate surface area is 91.4 Å². The highest BCUT2D eigenvalue weighted by molar-refractivity contribution is 5.18. The number of aliphatic hydroxyl groups excluding tert-OH is 1. The van der Waals surface area contributed by atoms with Gasteiger partial charge in [-0.1, -0.05) is 25.3 Å². The fraction of sp³-hybridized carbons (Fsp3) is 0.615. The number of pyridine rings is 1. The van der Waals surface area contributed by atoms with Gasteiger partial charge >= 0.3 is 0 Å². The average Bonchev–Trinajstić information content (AvgIpc) is 2.16. The van der Waals surface area contributed by atoms with Gasteiger partial charge in [0.05, 0.1) is 6.10 Å². The number of hydrogen-bond acceptors (Lipinski definition) is 2. The van der Waals surface area contributed by atoms with Gasteiger partial charge in [0.25, 0.3) is 0 Å². The molecular weight excluding hydrogens is 186 g/mol. The molecule has 1 aliphatic carbocycles. The first-order chi connectivity index (χ1) is 7.25. The topological polar surface area (TPSA) is 33.1 Å². The van der Waals surface area contributed by atoms with Crippen LogP contribution >= 0.6 is 0 Å². The molecule has 1 atom stereocenters. The molecule has 1 N–H and O–H groups in total. The van der Waals surface area contributed by atoms with Gasteiger partial charge in [-0.25, -0.2) is 0 Å². The van der Waals surface area contributed by atoms with Crippen LogP contribution in [0.2, 0.25) is 0 Å². The maximum Gasteiger partial charge on any atom is 0.0598 e. The predicted molar refractivity (Wildman–Crippen MR) is 60.6 cm³/mol. The summed E-state index contributed by atoms with van der Waals surface area (Å²) >= 11 is 0. The van der Waals surface area contributed by atoms with Gasteiger partial charge in [0.1, 0.15) is 0 Å². The third-order valence-corrected chi connectivity index (χ3v) is 3.38. The summed E-state index contributed by atoms with van der Waals surface area (Å²) < 4.78 is 0. The van der Waals surface area contributed by atoms with Gasteiger partial charge in [0.2, 0.25) is 0 Å². The Morgan fingerprint density at radius 1 is 1.53 bits per heavy atom. The van der Waals surface area contributed by atoms with Crippen LogP contribution in [-0.4, -0.2) is 16.2 Å². The van der Waals surface area contributed by atoms with E-state index in [1.807, 2.05) is 6.07 Å². The first kappa shape index (κ1) is 10.6. The van der Waals surface area contributed by atoms with Crippen molar-refractivity contribution in [3.05, 3.63) is 29.6 Å². The first-order valence-corrected chi connectivity index (χ1v) is 5.84. The Morgan fingerprint density at radius 3 is 2.93 bits per heavy atom. The summed E-state index contributed by atoms with van der Waals surface area (Å²) in [6.07, 6.45) is 7.22. The van der Waals surface area contributed by atoms with Crippen LogP contribution in [0, 0.1) is 12.8 Å². The fourth-order valence-corrected chi connectivity index (χ4v) is 2.15. The molecule has 1 saturated carbocycles. The Bertz CT molecular complexity index is 320. The number of aryl methyl sites for hydroxylation is 1. The lowest BCUT2D eigenvalue weighted by molar-refractivity contribution is 0.117. The summed E-state index contributed by atoms with van der Waals surface area (Å²) in [6.45, 7) is 2.05. The average molecular weight is 205 g/mol. The molecule has 0 saturated heterocycles. The van der Waals surface area contributed by atoms with Crippen LogP contribution in [0.25, 0.3) is 0 Å². The van der Waals surface area contributed by atoms with Crippen molar-refractivity contribution < 1.29 is 5.11 Å². The van der Waals surface area contributed by atoms with E-state index in [0.717, 1.165) is 18.0 Å². The van der Waals surface area contributed by atoms with Crippen LogP contribution in [0.4, 0.5) is 0 Å². The number of nitrogens with zero attached hydrogens (tertiary/aromatic N) is 1. The van der Waals surface area contributed by atoms with Crippen molar-refractivity contribution in [1.29, 1.82) is 0 Å². The van der Waals surface area contributed by atoms with E-state index >= 15 is 0 Å². The Balaban J connectivity index is 1.87. The van der Waals surface area contributed by atoms with E-state index in [1.165, 1.54) is 24.8 Å². The van der Waals surface area contributed by atoms with Crippen LogP contribution in [-0.2, 0) is 6.42 Å². The van der Waals surface area contributed by atoms with Crippen molar-refractivity contribution in [2.75, 3.05) is 0 Å². The molecule has 0 aromatic carbocycles. The van der Waals surface area contributed by atoms with E-state index in [1.54, 1.807) is 6.20 Å². The molecule has 1 unspecified atom stereocenters. The molecule has 1 fully saturated rings. The second-order valence-corrected chi connectivity index (χ2v) is 4.66. The highest BCUT2D eigenvalue weighted by Crippen LogP contribution is 2.31. The SMILES string of the molecule is Cc1cccnc1CC(O)CC1CCC1. The summed E-state index contributed by atoms with van der Waals surface area (Å²) in [5.41, 5.74) is 2.23. The van der Waals surface area contributed by atoms with Crippen molar-refractivity contribution in [2.45, 2.75) is 45.1 Å². The van der Waals surface area contributed by atoms with E-state index in [-0.39, 0.29) is 6.10 Å². The van der Waals surface area contributed by atoms with E-state index in [0.29, 0.717) is 6.42 Å². The minimum atomic E-state index is -0.205. The number of hydrogen-bond donors (Lipinski definition) is 1. The molecule has 1 aromatic rings. The maximum absolute atomic E-state index is 9.92. The zero-order chi connectivity index (χ0) is 10.7. The molecule has 2 rings (SSSR count). The number of rotatable bonds is 4. The minimum Gasteiger partial charge on any atom is -0.393 e. The summed E-state index contributed by atoms with van der Waals surface area (Å²) in [6, 6.07) is 4.00. The number of aliphatic hydroxyl groups is 1. The van der Waals surface area contributed by atoms with Gasteiger partial charge in [-0.15, -0.1) is 0 Å². The molecule has 15 heavy (non-hydrogen) atoms. The smallest absolute Gasteiger partial charge is 0.0598 e. The van der Waals surface area contributed by atoms with Gasteiger partial charge in [-0.05, 0) is 30.9 Å². The molecule has 0 aliphatic heterocycles. The first-order valence-electron chi connectivity index (χ1n) is 5.84. The van der Waals surface area contributed by atoms with Crippen molar-refractivity contribution >= 4 is 0 Å². The molecule has 2 nitrogen and oxygen atoms in total. The third kappa shape index (κ3) is 2.78. The highest BCUT2D eigenvalue weighted by Gasteiger charge is 2.21. The predicted octanol–water partition coefficient (Wildman–Crippen LogP) is 2.48. The van der Waals surface area contributed by atoms with Gasteiger partial charge in [-0.2, -0.15) is 0 Å². The summed E-state index contributed by atoms with van der Waals surface area (Å²) in [4.78, 5) is 4.31. The monoisotopic (exact) mass is 205 g/mol. The molecule has 82 valence electrons. The normalized spacial score (nSPS) is 18.5. The Hall–Kier alpha value is -0.890. The summed E-state index contributed by atoms with van der Waals surface area (Å²) in [7, 11) is 0. The van der Waals surface area contributed by atoms with Gasteiger partial charge in [0.15, 0.2) is 0 Å². The van der Waals surface area contributed by atoms with E-state index in [9.17, 15) is 5.11 Å². The zero-order valence-electron chi connectivity index (χ0n) is 9.32. The van der Waals surface area contributed by atoms with Crippen LogP contribution in [0.1, 0.15) is 36.9 Å². The van der Waals surface area contributed by atoms with E-state index in [4.69, 9.17) is 0 Å². The molecule has 0 amide bonds. The second-order valence-electron chi connectivity index (χ2n) is 4.66. The van der Waals surface area contributed by atoms with Crippen molar-refractivity contribution in [3.63, 3.8) is 0 Å². The summed E-state index contributed by atoms with van der Waals surface area (Å²) in [5.74, 6) is 0.768. The molecule has 1 aliphatic rings. The maximum atomic E-state index is 9.92. The van der Waals surface area contributed by atoms with E-state index in [2.05, 4.69) is 18.0 Å². The van der Waals surface area contributed by atoms with Crippen molar-refractivity contribution in [1.82, 2.24) is 4.98 Å². The van der Waals surface area contributed by atoms with Gasteiger partial charge < -0.3 is 5.11 Å². The lowest BCUT2D eigenvalue weighted by Gasteiger charge is -2.27. The third-order valence-electron chi connectivity index (χ3n) is 3.38. The Kier molecular flexibility index (Phi) is 3.37. The standard InChI is InChI=1S/C13H19NO/c1-10-4-3-7-14-13(10)9-12(15)8-11-5-2-6-11/h3-4,7,11-12,15H,2,5-6,8-9H2,1H3. The molecule has 1 heterocycles. The Morgan fingerprint density at radius 2 is 2.33 bits per heavy atom. The van der Waals surface area contributed by atoms with Gasteiger partial charge in [0, 0.05) is 18.3 Å². The van der Waals surface area contributed by atoms with Crippen molar-refractivity contribution in [2.24, 2.45) is 5.92 Å². The molecular formula is C13H19NO. The van der Waals surface area contributed by atoms with Crippen LogP contribution in [0.15, 0.2) is 18.3 Å². The summed E-state index contributed by atoms with van der Waals surface area (Å²) in [5, 5.41) is 9.92. The van der Waals surface area contributed by atoms with Gasteiger partial charge in [-0.3, -0.25) is 4.98 Å². The molecule has 0 spiro atoms. The lowest BCUT2D eigenvalue weighted by atomic mass is 9.81. The molecule has 0 bridgehead atoms. The van der Waals surface area contributed by atoms with Crippen LogP contribution in [0.5, 0.6) is 0 Å². The molecule has 0 radical (unpaired) electrons. The largest absolute Gasteiger partial charge is 0.393 e. The van der Waals surface area contributed by atoms with E-state index < -0.39 is 0 Å². The number of aromatic nitrogens is 1. The van der Waals surface area contributed by atoms with Crippen LogP contribution in [0.3, 0.4) is 0 Å². The molecule has 1 aromatic heterocycles. The second kappa shape index (κ2) is 4.75. The molecule has 2 heteroatoms. The zero-order valence-corrected chi connectivity index (χ0v) is 9.32. The highest BCUT2D eigenvalue weighted by atomic mass is 16.3. The fourth-order valence-electron chi connectivity index (χ4n) is 2.15. The van der Waals surface area contributed by atoms with Crippen molar-refractivity contribution in [3.8, 4) is 0 Å². The minimum absolute atomic E-state index is 0.205. The lowest BCUT2D eigenvalue weighted by Crippen LogP contribution is -2.21.